The minimum Gasteiger partial charge on any atom is -0.680 e. The molecule has 3 nitrogen and oxygen atoms in total. The maximum Gasteiger partial charge on any atom is 0.207 e. The van der Waals surface area contributed by atoms with Crippen molar-refractivity contribution in [3.63, 3.8) is 0 Å². The average molecular weight is 441 g/mol. The van der Waals surface area contributed by atoms with Gasteiger partial charge in [0, 0.05) is 6.54 Å². The Morgan fingerprint density at radius 3 is 2.27 bits per heavy atom. The topological polar surface area (TPSA) is 52.9 Å². The molecule has 4 heteroatoms. The summed E-state index contributed by atoms with van der Waals surface area (Å²) in [7, 11) is 1.25. The van der Waals surface area contributed by atoms with Gasteiger partial charge < -0.3 is 18.5 Å². The fourth-order valence-electron chi connectivity index (χ4n) is 0.920. The third-order valence-corrected chi connectivity index (χ3v) is 1.48. The molecule has 0 bridgehead atoms. The number of hydrogen-bond acceptors (Lipinski definition) is 1. The molecular weight excluding hydrogens is 423 g/mol. The van der Waals surface area contributed by atoms with Crippen LogP contribution in [0, 0.1) is 7.43 Å². The summed E-state index contributed by atoms with van der Waals surface area (Å²) in [6, 6.07) is 10.1. The molecule has 0 saturated carbocycles. The Kier molecular flexibility index (Phi) is 17.4. The Balaban J connectivity index is -0.000000339. The van der Waals surface area contributed by atoms with Gasteiger partial charge in [-0.1, -0.05) is 30.3 Å². The van der Waals surface area contributed by atoms with Crippen LogP contribution < -0.4 is 5.32 Å². The zero-order chi connectivity index (χ0) is 9.94. The van der Waals surface area contributed by atoms with Gasteiger partial charge in [0.05, 0.1) is 0 Å². The summed E-state index contributed by atoms with van der Waals surface area (Å²) in [5.74, 6) is 0. The molecule has 0 aromatic heterocycles. The van der Waals surface area contributed by atoms with E-state index in [0.29, 0.717) is 6.54 Å². The van der Waals surface area contributed by atoms with Crippen LogP contribution in [0.15, 0.2) is 30.3 Å². The predicted molar refractivity (Wildman–Crippen MR) is 60.9 cm³/mol. The summed E-state index contributed by atoms with van der Waals surface area (Å²) in [6.45, 7) is 0.716. The molecule has 1 aromatic carbocycles. The first kappa shape index (κ1) is 18.4. The van der Waals surface area contributed by atoms with Crippen molar-refractivity contribution in [2.24, 2.45) is 0 Å². The molecule has 0 radical (unpaired) electrons. The number of carbonyl (C=O) groups is 1. The molecule has 1 rings (SSSR count). The Morgan fingerprint density at radius 2 is 1.80 bits per heavy atom. The van der Waals surface area contributed by atoms with Crippen molar-refractivity contribution >= 4 is 6.41 Å². The largest absolute Gasteiger partial charge is 0.680 e. The molecule has 88 valence electrons. The Labute approximate surface area is 86.3 Å². The Hall–Kier alpha value is -2.35. The number of carbonyl (C=O) groups excluding carboxylic acids is 1. The summed E-state index contributed by atoms with van der Waals surface area (Å²) in [6.07, 6.45) is 1.63. The zero-order valence-electron chi connectivity index (χ0n) is 9.14. The molecule has 0 atom stereocenters. The van der Waals surface area contributed by atoms with E-state index < -0.39 is 0 Å². The maximum atomic E-state index is 9.88. The molecule has 1 amide bonds. The molecule has 0 unspecified atom stereocenters. The first-order valence-electron chi connectivity index (χ1n) is 4.14. The molecule has 0 saturated heterocycles. The maximum absolute atomic E-state index is 9.88. The summed E-state index contributed by atoms with van der Waals surface area (Å²) < 4.78 is 0. The first-order valence-corrected chi connectivity index (χ1v) is 4.14. The molecule has 0 spiro atoms. The monoisotopic (exact) mass is 437 g/mol. The van der Waals surface area contributed by atoms with Crippen molar-refractivity contribution < 1.29 is 4.79 Å². The number of hydrogen-bond donors (Lipinski definition) is 1. The Bertz CT molecular complexity index is 217. The van der Waals surface area contributed by atoms with Gasteiger partial charge >= 0.3 is 0 Å². The number of benzene rings is 1. The van der Waals surface area contributed by atoms with Gasteiger partial charge in [0.25, 0.3) is 0 Å². The van der Waals surface area contributed by atoms with E-state index in [2.05, 4.69) is 5.32 Å². The predicted octanol–water partition coefficient (Wildman–Crippen LogP) is 2.09. The normalized spacial score (nSPS) is 7.07. The van der Waals surface area contributed by atoms with Crippen molar-refractivity contribution in [1.29, 1.82) is 0 Å². The van der Waals surface area contributed by atoms with Crippen LogP contribution >= 0.6 is 0 Å². The van der Waals surface area contributed by atoms with Gasteiger partial charge in [-0.2, -0.15) is 7.05 Å². The van der Waals surface area contributed by atoms with Gasteiger partial charge in [0.2, 0.25) is 6.41 Å². The van der Waals surface area contributed by atoms with Crippen molar-refractivity contribution in [2.45, 2.75) is 6.42 Å². The summed E-state index contributed by atoms with van der Waals surface area (Å²) in [5, 5.41) is 2.62. The third-order valence-electron chi connectivity index (χ3n) is 1.48. The van der Waals surface area contributed by atoms with Crippen LogP contribution in [-0.2, 0) is 11.2 Å². The van der Waals surface area contributed by atoms with Crippen molar-refractivity contribution in [3.05, 3.63) is 49.1 Å². The minimum atomic E-state index is 0. The van der Waals surface area contributed by atoms with Crippen LogP contribution in [0.1, 0.15) is 5.56 Å². The third kappa shape index (κ3) is 9.56. The summed E-state index contributed by atoms with van der Waals surface area (Å²) >= 11 is 0. The molecule has 0 aliphatic heterocycles. The van der Waals surface area contributed by atoms with E-state index in [1.165, 1.54) is 12.6 Å². The summed E-state index contributed by atoms with van der Waals surface area (Å²) in [4.78, 5) is 9.88. The van der Waals surface area contributed by atoms with Crippen LogP contribution in [0.5, 0.6) is 0 Å². The Morgan fingerprint density at radius 1 is 1.27 bits per heavy atom. The standard InChI is InChI=1S/C9H11NO.CH4N.CH3.Cm/c11-8-10-7-6-9-4-2-1-3-5-9;1-2;;/h1-5,8H,6-7H2,(H,10,11);2H,1H3;1H3;/q;2*-1;. The fraction of sp³-hybridized carbons (Fsp3) is 0.273. The van der Waals surface area contributed by atoms with Gasteiger partial charge in [-0.15, -0.1) is 0 Å². The van der Waals surface area contributed by atoms with Gasteiger partial charge in [-0.3, -0.25) is 4.79 Å². The smallest absolute Gasteiger partial charge is 0.207 e. The van der Waals surface area contributed by atoms with E-state index in [0.717, 1.165) is 12.8 Å². The van der Waals surface area contributed by atoms with Crippen LogP contribution in [0.2, 0.25) is 0 Å². The second kappa shape index (κ2) is 14.2. The van der Waals surface area contributed by atoms with Gasteiger partial charge in [0.15, 0.2) is 0 Å². The summed E-state index contributed by atoms with van der Waals surface area (Å²) in [5.41, 5.74) is 7.00. The number of amides is 1. The molecule has 0 fully saturated rings. The molecule has 1 aromatic rings. The SMILES string of the molecule is C[NH-].O=CNCCc1ccccc1.[CH3-].[Cm]. The molecule has 0 aliphatic rings. The van der Waals surface area contributed by atoms with Crippen molar-refractivity contribution in [2.75, 3.05) is 13.6 Å². The van der Waals surface area contributed by atoms with Crippen LogP contribution in [0.4, 0.5) is 0 Å². The molecule has 0 aliphatic carbocycles. The van der Waals surface area contributed by atoms with E-state index in [1.54, 1.807) is 0 Å². The van der Waals surface area contributed by atoms with E-state index in [4.69, 9.17) is 5.73 Å². The van der Waals surface area contributed by atoms with Crippen LogP contribution in [0.25, 0.3) is 5.73 Å². The van der Waals surface area contributed by atoms with Gasteiger partial charge in [-0.05, 0) is 12.0 Å². The van der Waals surface area contributed by atoms with Crippen LogP contribution in [0.3, 0.4) is 0 Å². The van der Waals surface area contributed by atoms with E-state index in [1.807, 2.05) is 30.3 Å². The molecule has 0 heterocycles. The van der Waals surface area contributed by atoms with E-state index in [-0.39, 0.29) is 7.43 Å². The second-order valence-electron chi connectivity index (χ2n) is 2.31. The first-order chi connectivity index (χ1) is 6.43. The number of nitrogens with one attached hydrogen (secondary N) is 2. The van der Waals surface area contributed by atoms with Crippen molar-refractivity contribution in [3.8, 4) is 0 Å². The molecule has 2 N–H and O–H groups in total. The van der Waals surface area contributed by atoms with Crippen molar-refractivity contribution in [1.82, 2.24) is 5.32 Å². The van der Waals surface area contributed by atoms with E-state index in [9.17, 15) is 4.79 Å². The number of rotatable bonds is 4. The second-order valence-corrected chi connectivity index (χ2v) is 2.31. The molecular formula is C11H18CmN2O-2. The minimum absolute atomic E-state index is 0. The van der Waals surface area contributed by atoms with E-state index >= 15 is 0 Å². The fourth-order valence-corrected chi connectivity index (χ4v) is 0.920. The zero-order valence-corrected chi connectivity index (χ0v) is 12.1. The van der Waals surface area contributed by atoms with Gasteiger partial charge in [0.1, 0.15) is 0 Å². The average Bonchev–Trinajstić information content (AvgIpc) is 2.23. The van der Waals surface area contributed by atoms with Crippen LogP contribution in [-0.4, -0.2) is 20.0 Å². The quantitative estimate of drug-likeness (QED) is 0.435. The molecule has 15 heavy (non-hydrogen) atoms. The van der Waals surface area contributed by atoms with Gasteiger partial charge in [-0.25, -0.2) is 0 Å².